The Morgan fingerprint density at radius 2 is 1.63 bits per heavy atom. The number of carbonyl (C=O) groups is 2. The van der Waals surface area contributed by atoms with Gasteiger partial charge in [0, 0.05) is 11.9 Å². The van der Waals surface area contributed by atoms with Crippen molar-refractivity contribution < 1.29 is 9.59 Å². The highest BCUT2D eigenvalue weighted by Crippen LogP contribution is 2.28. The lowest BCUT2D eigenvalue weighted by atomic mass is 10.1. The largest absolute Gasteiger partial charge is 0.330 e. The first-order chi connectivity index (χ1) is 14.6. The highest BCUT2D eigenvalue weighted by molar-refractivity contribution is 7.80. The lowest BCUT2D eigenvalue weighted by Crippen LogP contribution is -2.37. The highest BCUT2D eigenvalue weighted by atomic mass is 32.1. The second kappa shape index (κ2) is 8.84. The molecule has 0 bridgehead atoms. The van der Waals surface area contributed by atoms with Crippen LogP contribution >= 0.6 is 12.2 Å². The number of hydrogen-bond acceptors (Lipinski definition) is 4. The molecule has 1 atom stereocenters. The van der Waals surface area contributed by atoms with Gasteiger partial charge in [-0.3, -0.25) is 19.5 Å². The third kappa shape index (κ3) is 4.21. The van der Waals surface area contributed by atoms with Gasteiger partial charge in [0.2, 0.25) is 5.91 Å². The number of pyridine rings is 1. The van der Waals surface area contributed by atoms with Crippen LogP contribution in [0.3, 0.4) is 0 Å². The van der Waals surface area contributed by atoms with Crippen LogP contribution in [0.5, 0.6) is 0 Å². The van der Waals surface area contributed by atoms with Crippen molar-refractivity contribution >= 4 is 40.5 Å². The van der Waals surface area contributed by atoms with Crippen molar-refractivity contribution in [1.82, 2.24) is 9.88 Å². The molecule has 3 aromatic rings. The molecular weight excluding hydrogens is 396 g/mol. The number of rotatable bonds is 6. The molecule has 1 saturated heterocycles. The van der Waals surface area contributed by atoms with E-state index in [1.807, 2.05) is 66.7 Å². The van der Waals surface area contributed by atoms with Gasteiger partial charge in [-0.05, 0) is 48.6 Å². The van der Waals surface area contributed by atoms with E-state index in [9.17, 15) is 9.59 Å². The maximum atomic E-state index is 13.3. The second-order valence-electron chi connectivity index (χ2n) is 6.87. The molecule has 1 aliphatic heterocycles. The monoisotopic (exact) mass is 416 g/mol. The summed E-state index contributed by atoms with van der Waals surface area (Å²) in [7, 11) is 0. The van der Waals surface area contributed by atoms with Crippen molar-refractivity contribution in [3.63, 3.8) is 0 Å². The van der Waals surface area contributed by atoms with Gasteiger partial charge >= 0.3 is 0 Å². The number of amides is 2. The standard InChI is InChI=1S/C23H20N4O2S/c28-21(25-17-9-3-1-4-10-17)15-20-22(29)27(19-12-5-2-6-13-19)23(30)26(20)16-18-11-7-8-14-24-18/h1-14,20H,15-16H2,(H,25,28). The lowest BCUT2D eigenvalue weighted by Gasteiger charge is -2.23. The molecule has 7 heteroatoms. The minimum atomic E-state index is -0.705. The summed E-state index contributed by atoms with van der Waals surface area (Å²) in [5.41, 5.74) is 2.15. The topological polar surface area (TPSA) is 65.5 Å². The molecule has 0 spiro atoms. The summed E-state index contributed by atoms with van der Waals surface area (Å²) in [5.74, 6) is -0.464. The smallest absolute Gasteiger partial charge is 0.256 e. The quantitative estimate of drug-likeness (QED) is 0.622. The zero-order valence-corrected chi connectivity index (χ0v) is 17.0. The second-order valence-corrected chi connectivity index (χ2v) is 7.24. The van der Waals surface area contributed by atoms with E-state index in [1.165, 1.54) is 4.90 Å². The van der Waals surface area contributed by atoms with Gasteiger partial charge in [0.05, 0.1) is 24.3 Å². The number of nitrogens with one attached hydrogen (secondary N) is 1. The molecule has 0 saturated carbocycles. The van der Waals surface area contributed by atoms with Crippen LogP contribution in [-0.4, -0.2) is 32.9 Å². The maximum absolute atomic E-state index is 13.3. The van der Waals surface area contributed by atoms with Gasteiger partial charge in [-0.2, -0.15) is 0 Å². The fraction of sp³-hybridized carbons (Fsp3) is 0.130. The molecule has 0 radical (unpaired) electrons. The van der Waals surface area contributed by atoms with Crippen LogP contribution in [0.15, 0.2) is 85.1 Å². The van der Waals surface area contributed by atoms with Gasteiger partial charge in [0.15, 0.2) is 5.11 Å². The fourth-order valence-electron chi connectivity index (χ4n) is 3.40. The third-order valence-electron chi connectivity index (χ3n) is 4.83. The fourth-order valence-corrected chi connectivity index (χ4v) is 3.79. The molecule has 1 N–H and O–H groups in total. The average Bonchev–Trinajstić information content (AvgIpc) is 2.99. The predicted octanol–water partition coefficient (Wildman–Crippen LogP) is 3.61. The maximum Gasteiger partial charge on any atom is 0.256 e. The predicted molar refractivity (Wildman–Crippen MR) is 120 cm³/mol. The van der Waals surface area contributed by atoms with E-state index in [1.54, 1.807) is 23.2 Å². The molecule has 1 aliphatic rings. The summed E-state index contributed by atoms with van der Waals surface area (Å²) < 4.78 is 0. The summed E-state index contributed by atoms with van der Waals surface area (Å²) in [6.45, 7) is 0.345. The number of aromatic nitrogens is 1. The Hall–Kier alpha value is -3.58. The van der Waals surface area contributed by atoms with Gasteiger partial charge < -0.3 is 10.2 Å². The first-order valence-corrected chi connectivity index (χ1v) is 9.99. The summed E-state index contributed by atoms with van der Waals surface area (Å²) in [6.07, 6.45) is 1.69. The Labute approximate surface area is 180 Å². The van der Waals surface area contributed by atoms with Gasteiger partial charge in [-0.1, -0.05) is 42.5 Å². The molecule has 1 aromatic heterocycles. The third-order valence-corrected chi connectivity index (χ3v) is 5.24. The van der Waals surface area contributed by atoms with E-state index in [4.69, 9.17) is 12.2 Å². The molecule has 4 rings (SSSR count). The van der Waals surface area contributed by atoms with Crippen molar-refractivity contribution in [3.05, 3.63) is 90.8 Å². The SMILES string of the molecule is O=C(CC1C(=O)N(c2ccccc2)C(=S)N1Cc1ccccn1)Nc1ccccc1. The number of carbonyl (C=O) groups excluding carboxylic acids is 2. The Kier molecular flexibility index (Phi) is 5.81. The number of para-hydroxylation sites is 2. The average molecular weight is 417 g/mol. The molecule has 0 aliphatic carbocycles. The van der Waals surface area contributed by atoms with Crippen molar-refractivity contribution in [2.75, 3.05) is 10.2 Å². The Morgan fingerprint density at radius 3 is 2.30 bits per heavy atom. The molecule has 1 fully saturated rings. The van der Waals surface area contributed by atoms with E-state index < -0.39 is 6.04 Å². The first-order valence-electron chi connectivity index (χ1n) is 9.58. The van der Waals surface area contributed by atoms with Crippen LogP contribution in [-0.2, 0) is 16.1 Å². The number of benzene rings is 2. The summed E-state index contributed by atoms with van der Waals surface area (Å²) in [4.78, 5) is 33.6. The van der Waals surface area contributed by atoms with E-state index in [2.05, 4.69) is 10.3 Å². The molecule has 1 unspecified atom stereocenters. The molecule has 2 heterocycles. The van der Waals surface area contributed by atoms with Crippen LogP contribution < -0.4 is 10.2 Å². The number of nitrogens with zero attached hydrogens (tertiary/aromatic N) is 3. The van der Waals surface area contributed by atoms with E-state index in [0.717, 1.165) is 5.69 Å². The molecule has 30 heavy (non-hydrogen) atoms. The van der Waals surface area contributed by atoms with Gasteiger partial charge in [-0.25, -0.2) is 0 Å². The Balaban J connectivity index is 1.59. The van der Waals surface area contributed by atoms with E-state index in [0.29, 0.717) is 23.0 Å². The van der Waals surface area contributed by atoms with Crippen molar-refractivity contribution in [3.8, 4) is 0 Å². The zero-order chi connectivity index (χ0) is 20.9. The zero-order valence-electron chi connectivity index (χ0n) is 16.1. The summed E-state index contributed by atoms with van der Waals surface area (Å²) in [6, 6.07) is 23.3. The number of hydrogen-bond donors (Lipinski definition) is 1. The Morgan fingerprint density at radius 1 is 0.967 bits per heavy atom. The van der Waals surface area contributed by atoms with Crippen molar-refractivity contribution in [1.29, 1.82) is 0 Å². The van der Waals surface area contributed by atoms with Crippen LogP contribution in [0.1, 0.15) is 12.1 Å². The molecule has 2 amide bonds. The van der Waals surface area contributed by atoms with Crippen molar-refractivity contribution in [2.24, 2.45) is 0 Å². The molecule has 150 valence electrons. The summed E-state index contributed by atoms with van der Waals surface area (Å²) in [5, 5.41) is 3.22. The molecule has 6 nitrogen and oxygen atoms in total. The van der Waals surface area contributed by atoms with Crippen LogP contribution in [0.2, 0.25) is 0 Å². The van der Waals surface area contributed by atoms with Crippen LogP contribution in [0.4, 0.5) is 11.4 Å². The molecular formula is C23H20N4O2S. The lowest BCUT2D eigenvalue weighted by molar-refractivity contribution is -0.124. The normalized spacial score (nSPS) is 16.1. The van der Waals surface area contributed by atoms with Gasteiger partial charge in [-0.15, -0.1) is 0 Å². The van der Waals surface area contributed by atoms with Crippen LogP contribution in [0, 0.1) is 0 Å². The minimum absolute atomic E-state index is 0.00989. The number of anilines is 2. The summed E-state index contributed by atoms with van der Waals surface area (Å²) >= 11 is 5.65. The molecule has 2 aromatic carbocycles. The number of thiocarbonyl (C=S) groups is 1. The van der Waals surface area contributed by atoms with Crippen LogP contribution in [0.25, 0.3) is 0 Å². The van der Waals surface area contributed by atoms with Crippen molar-refractivity contribution in [2.45, 2.75) is 19.0 Å². The van der Waals surface area contributed by atoms with E-state index >= 15 is 0 Å². The minimum Gasteiger partial charge on any atom is -0.330 e. The first kappa shape index (κ1) is 19.7. The highest BCUT2D eigenvalue weighted by Gasteiger charge is 2.44. The Bertz CT molecular complexity index is 1040. The van der Waals surface area contributed by atoms with Gasteiger partial charge in [0.1, 0.15) is 6.04 Å². The van der Waals surface area contributed by atoms with Gasteiger partial charge in [0.25, 0.3) is 5.91 Å². The van der Waals surface area contributed by atoms with E-state index in [-0.39, 0.29) is 18.2 Å².